The summed E-state index contributed by atoms with van der Waals surface area (Å²) < 4.78 is 0. The Balaban J connectivity index is 2.13. The number of amides is 2. The molecule has 0 aliphatic carbocycles. The van der Waals surface area contributed by atoms with Gasteiger partial charge in [0.25, 0.3) is 0 Å². The van der Waals surface area contributed by atoms with E-state index in [1.807, 2.05) is 44.2 Å². The number of rotatable bonds is 3. The van der Waals surface area contributed by atoms with Gasteiger partial charge in [0.05, 0.1) is 12.1 Å². The fourth-order valence-electron chi connectivity index (χ4n) is 2.67. The molecule has 1 saturated heterocycles. The van der Waals surface area contributed by atoms with Gasteiger partial charge in [-0.25, -0.2) is 4.79 Å². The number of β-lactam (4-membered cyclic amide) rings is 1. The number of hydrogen-bond acceptors (Lipinski definition) is 2. The summed E-state index contributed by atoms with van der Waals surface area (Å²) in [5.74, 6) is -0.131. The van der Waals surface area contributed by atoms with E-state index >= 15 is 0 Å². The molecule has 0 radical (unpaired) electrons. The maximum Gasteiger partial charge on any atom is 0.407 e. The lowest BCUT2D eigenvalue weighted by Gasteiger charge is -2.51. The number of likely N-dealkylation sites (tertiary alicyclic amines) is 1. The van der Waals surface area contributed by atoms with Gasteiger partial charge in [0.1, 0.15) is 6.04 Å². The monoisotopic (exact) mass is 262 g/mol. The fraction of sp³-hybridized carbons (Fsp3) is 0.429. The van der Waals surface area contributed by atoms with Crippen molar-refractivity contribution in [3.8, 4) is 0 Å². The summed E-state index contributed by atoms with van der Waals surface area (Å²) in [6.45, 7) is 3.84. The van der Waals surface area contributed by atoms with Crippen molar-refractivity contribution in [1.29, 1.82) is 0 Å². The molecular weight excluding hydrogens is 244 g/mol. The molecular formula is C14H18N2O3. The highest BCUT2D eigenvalue weighted by atomic mass is 16.4. The lowest BCUT2D eigenvalue weighted by atomic mass is 9.91. The number of carboxylic acid groups (broad SMARTS) is 1. The molecule has 1 aromatic carbocycles. The van der Waals surface area contributed by atoms with Gasteiger partial charge < -0.3 is 10.0 Å². The first-order valence-electron chi connectivity index (χ1n) is 6.28. The van der Waals surface area contributed by atoms with Crippen LogP contribution in [0.3, 0.4) is 0 Å². The van der Waals surface area contributed by atoms with Gasteiger partial charge in [0.2, 0.25) is 5.91 Å². The number of likely N-dealkylation sites (N-methyl/N-ethyl adjacent to an activating group) is 1. The lowest BCUT2D eigenvalue weighted by Crippen LogP contribution is -2.69. The number of hydrogen-bond donors (Lipinski definition) is 1. The maximum atomic E-state index is 12.2. The predicted molar refractivity (Wildman–Crippen MR) is 70.7 cm³/mol. The Morgan fingerprint density at radius 1 is 1.37 bits per heavy atom. The van der Waals surface area contributed by atoms with Crippen LogP contribution in [0, 0.1) is 0 Å². The summed E-state index contributed by atoms with van der Waals surface area (Å²) in [6, 6.07) is 9.02. The molecule has 19 heavy (non-hydrogen) atoms. The van der Waals surface area contributed by atoms with E-state index in [1.165, 1.54) is 7.05 Å². The van der Waals surface area contributed by atoms with E-state index in [0.29, 0.717) is 0 Å². The van der Waals surface area contributed by atoms with Gasteiger partial charge in [-0.05, 0) is 19.4 Å². The molecule has 0 saturated carbocycles. The van der Waals surface area contributed by atoms with Crippen molar-refractivity contribution >= 4 is 12.0 Å². The van der Waals surface area contributed by atoms with E-state index in [9.17, 15) is 9.59 Å². The van der Waals surface area contributed by atoms with E-state index in [1.54, 1.807) is 4.90 Å². The lowest BCUT2D eigenvalue weighted by molar-refractivity contribution is -0.159. The van der Waals surface area contributed by atoms with Crippen LogP contribution >= 0.6 is 0 Å². The second kappa shape index (κ2) is 4.91. The van der Waals surface area contributed by atoms with E-state index < -0.39 is 12.1 Å². The van der Waals surface area contributed by atoms with Crippen LogP contribution < -0.4 is 0 Å². The molecule has 1 heterocycles. The van der Waals surface area contributed by atoms with Gasteiger partial charge in [-0.15, -0.1) is 0 Å². The molecule has 1 aliphatic rings. The van der Waals surface area contributed by atoms with Crippen LogP contribution in [0.4, 0.5) is 4.79 Å². The largest absolute Gasteiger partial charge is 0.465 e. The first-order chi connectivity index (χ1) is 8.95. The SMILES string of the molecule is C[C@H](c1ccccc1)N1C(=O)[C@H](N(C)C(=O)O)[C@@H]1C. The number of nitrogens with zero attached hydrogens (tertiary/aromatic N) is 2. The maximum absolute atomic E-state index is 12.2. The van der Waals surface area contributed by atoms with Crippen LogP contribution in [0.2, 0.25) is 0 Å². The molecule has 0 bridgehead atoms. The molecule has 5 heteroatoms. The average molecular weight is 262 g/mol. The van der Waals surface area contributed by atoms with Crippen molar-refractivity contribution in [2.24, 2.45) is 0 Å². The summed E-state index contributed by atoms with van der Waals surface area (Å²) in [5, 5.41) is 8.95. The fourth-order valence-corrected chi connectivity index (χ4v) is 2.67. The zero-order valence-electron chi connectivity index (χ0n) is 11.3. The Kier molecular flexibility index (Phi) is 3.46. The number of carbonyl (C=O) groups is 2. The molecule has 0 aromatic heterocycles. The van der Waals surface area contributed by atoms with Gasteiger partial charge in [0, 0.05) is 7.05 Å². The topological polar surface area (TPSA) is 60.9 Å². The summed E-state index contributed by atoms with van der Waals surface area (Å²) >= 11 is 0. The highest BCUT2D eigenvalue weighted by Crippen LogP contribution is 2.33. The zero-order valence-corrected chi connectivity index (χ0v) is 11.3. The van der Waals surface area contributed by atoms with Crippen LogP contribution in [0.1, 0.15) is 25.5 Å². The van der Waals surface area contributed by atoms with E-state index in [2.05, 4.69) is 0 Å². The van der Waals surface area contributed by atoms with Crippen molar-refractivity contribution in [3.05, 3.63) is 35.9 Å². The van der Waals surface area contributed by atoms with Crippen molar-refractivity contribution in [2.75, 3.05) is 7.05 Å². The van der Waals surface area contributed by atoms with Crippen LogP contribution in [-0.2, 0) is 4.79 Å². The molecule has 1 N–H and O–H groups in total. The third-order valence-electron chi connectivity index (χ3n) is 3.82. The van der Waals surface area contributed by atoms with Gasteiger partial charge in [0.15, 0.2) is 0 Å². The van der Waals surface area contributed by atoms with Gasteiger partial charge >= 0.3 is 6.09 Å². The molecule has 1 aromatic rings. The van der Waals surface area contributed by atoms with Gasteiger partial charge in [-0.3, -0.25) is 9.69 Å². The predicted octanol–water partition coefficient (Wildman–Crippen LogP) is 1.96. The summed E-state index contributed by atoms with van der Waals surface area (Å²) in [6.07, 6.45) is -1.07. The molecule has 2 amide bonds. The molecule has 2 rings (SSSR count). The van der Waals surface area contributed by atoms with Crippen LogP contribution in [0.25, 0.3) is 0 Å². The second-order valence-electron chi connectivity index (χ2n) is 4.91. The Bertz CT molecular complexity index is 489. The minimum absolute atomic E-state index is 0.0397. The molecule has 1 fully saturated rings. The Morgan fingerprint density at radius 3 is 2.42 bits per heavy atom. The Labute approximate surface area is 112 Å². The normalized spacial score (nSPS) is 23.7. The van der Waals surface area contributed by atoms with Crippen molar-refractivity contribution in [2.45, 2.75) is 32.0 Å². The first kappa shape index (κ1) is 13.4. The van der Waals surface area contributed by atoms with E-state index in [4.69, 9.17) is 5.11 Å². The van der Waals surface area contributed by atoms with Crippen molar-refractivity contribution in [1.82, 2.24) is 9.80 Å². The average Bonchev–Trinajstić information content (AvgIpc) is 2.39. The molecule has 102 valence electrons. The molecule has 5 nitrogen and oxygen atoms in total. The molecule has 1 aliphatic heterocycles. The zero-order chi connectivity index (χ0) is 14.2. The van der Waals surface area contributed by atoms with Crippen molar-refractivity contribution in [3.63, 3.8) is 0 Å². The molecule has 0 spiro atoms. The highest BCUT2D eigenvalue weighted by molar-refractivity contribution is 5.92. The van der Waals surface area contributed by atoms with Crippen LogP contribution in [-0.4, -0.2) is 46.0 Å². The Hall–Kier alpha value is -2.04. The highest BCUT2D eigenvalue weighted by Gasteiger charge is 2.50. The molecule has 3 atom stereocenters. The Morgan fingerprint density at radius 2 is 1.95 bits per heavy atom. The standard InChI is InChI=1S/C14H18N2O3/c1-9(11-7-5-4-6-8-11)16-10(2)12(13(16)17)15(3)14(18)19/h4-10,12H,1-3H3,(H,18,19)/t9-,10+,12-/m1/s1. The second-order valence-corrected chi connectivity index (χ2v) is 4.91. The molecule has 0 unspecified atom stereocenters. The minimum Gasteiger partial charge on any atom is -0.465 e. The summed E-state index contributed by atoms with van der Waals surface area (Å²) in [5.41, 5.74) is 1.05. The van der Waals surface area contributed by atoms with Gasteiger partial charge in [-0.1, -0.05) is 30.3 Å². The first-order valence-corrected chi connectivity index (χ1v) is 6.28. The van der Waals surface area contributed by atoms with E-state index in [-0.39, 0.29) is 18.0 Å². The van der Waals surface area contributed by atoms with Crippen molar-refractivity contribution < 1.29 is 14.7 Å². The summed E-state index contributed by atoms with van der Waals surface area (Å²) in [7, 11) is 1.44. The van der Waals surface area contributed by atoms with Crippen LogP contribution in [0.15, 0.2) is 30.3 Å². The third kappa shape index (κ3) is 2.16. The minimum atomic E-state index is -1.07. The number of benzene rings is 1. The number of carbonyl (C=O) groups excluding carboxylic acids is 1. The quantitative estimate of drug-likeness (QED) is 0.847. The smallest absolute Gasteiger partial charge is 0.407 e. The summed E-state index contributed by atoms with van der Waals surface area (Å²) in [4.78, 5) is 25.9. The van der Waals surface area contributed by atoms with E-state index in [0.717, 1.165) is 10.5 Å². The third-order valence-corrected chi connectivity index (χ3v) is 3.82. The van der Waals surface area contributed by atoms with Gasteiger partial charge in [-0.2, -0.15) is 0 Å². The van der Waals surface area contributed by atoms with Crippen LogP contribution in [0.5, 0.6) is 0 Å².